The number of hydrogen-bond acceptors (Lipinski definition) is 6. The van der Waals surface area contributed by atoms with E-state index >= 15 is 0 Å². The Balaban J connectivity index is 1.66. The van der Waals surface area contributed by atoms with Crippen molar-refractivity contribution in [3.63, 3.8) is 0 Å². The number of nitrogens with one attached hydrogen (secondary N) is 1. The minimum Gasteiger partial charge on any atom is -0.449 e. The Morgan fingerprint density at radius 2 is 1.76 bits per heavy atom. The fraction of sp³-hybridized carbons (Fsp3) is 0.300. The average molecular weight is 418 g/mol. The van der Waals surface area contributed by atoms with Crippen molar-refractivity contribution in [1.29, 1.82) is 0 Å². The van der Waals surface area contributed by atoms with Crippen molar-refractivity contribution in [3.8, 4) is 0 Å². The SMILES string of the molecule is C[C@H](OC(=O)c1ccccc1)C(=O)Nc1cccc(S(=O)(=O)N2CCOCC2)c1. The summed E-state index contributed by atoms with van der Waals surface area (Å²) in [5.41, 5.74) is 0.637. The maximum absolute atomic E-state index is 12.7. The molecule has 0 radical (unpaired) electrons. The molecule has 2 aromatic carbocycles. The lowest BCUT2D eigenvalue weighted by Gasteiger charge is -2.26. The van der Waals surface area contributed by atoms with E-state index < -0.39 is 28.0 Å². The molecule has 1 amide bonds. The van der Waals surface area contributed by atoms with Crippen LogP contribution in [0, 0.1) is 0 Å². The molecule has 0 saturated carbocycles. The summed E-state index contributed by atoms with van der Waals surface area (Å²) in [6.07, 6.45) is -1.05. The molecular weight excluding hydrogens is 396 g/mol. The Kier molecular flexibility index (Phi) is 6.63. The van der Waals surface area contributed by atoms with E-state index in [4.69, 9.17) is 9.47 Å². The average Bonchev–Trinajstić information content (AvgIpc) is 2.75. The first-order chi connectivity index (χ1) is 13.9. The molecule has 1 fully saturated rings. The number of amides is 1. The summed E-state index contributed by atoms with van der Waals surface area (Å²) in [6.45, 7) is 2.71. The van der Waals surface area contributed by atoms with E-state index in [-0.39, 0.29) is 18.0 Å². The van der Waals surface area contributed by atoms with Gasteiger partial charge in [0.15, 0.2) is 6.10 Å². The van der Waals surface area contributed by atoms with Crippen LogP contribution in [0.15, 0.2) is 59.5 Å². The molecular formula is C20H22N2O6S. The van der Waals surface area contributed by atoms with Gasteiger partial charge in [-0.2, -0.15) is 4.31 Å². The van der Waals surface area contributed by atoms with E-state index in [1.165, 1.54) is 23.4 Å². The third kappa shape index (κ3) is 5.20. The van der Waals surface area contributed by atoms with Crippen molar-refractivity contribution in [3.05, 3.63) is 60.2 Å². The van der Waals surface area contributed by atoms with Gasteiger partial charge in [-0.25, -0.2) is 13.2 Å². The number of nitrogens with zero attached hydrogens (tertiary/aromatic N) is 1. The summed E-state index contributed by atoms with van der Waals surface area (Å²) in [4.78, 5) is 24.5. The van der Waals surface area contributed by atoms with Gasteiger partial charge >= 0.3 is 5.97 Å². The molecule has 1 atom stereocenters. The smallest absolute Gasteiger partial charge is 0.338 e. The van der Waals surface area contributed by atoms with Gasteiger partial charge in [-0.3, -0.25) is 4.79 Å². The molecule has 1 N–H and O–H groups in total. The molecule has 2 aromatic rings. The van der Waals surface area contributed by atoms with Gasteiger partial charge in [0.05, 0.1) is 23.7 Å². The van der Waals surface area contributed by atoms with Crippen molar-refractivity contribution < 1.29 is 27.5 Å². The molecule has 8 nitrogen and oxygen atoms in total. The molecule has 1 heterocycles. The third-order valence-corrected chi connectivity index (χ3v) is 6.27. The first-order valence-corrected chi connectivity index (χ1v) is 10.6. The van der Waals surface area contributed by atoms with Crippen LogP contribution in [0.4, 0.5) is 5.69 Å². The van der Waals surface area contributed by atoms with Crippen molar-refractivity contribution >= 4 is 27.6 Å². The van der Waals surface area contributed by atoms with Crippen LogP contribution in [0.5, 0.6) is 0 Å². The minimum absolute atomic E-state index is 0.0751. The number of esters is 1. The van der Waals surface area contributed by atoms with E-state index in [9.17, 15) is 18.0 Å². The normalized spacial score (nSPS) is 16.0. The lowest BCUT2D eigenvalue weighted by molar-refractivity contribution is -0.123. The third-order valence-electron chi connectivity index (χ3n) is 4.37. The van der Waals surface area contributed by atoms with Crippen molar-refractivity contribution in [1.82, 2.24) is 4.31 Å². The Morgan fingerprint density at radius 1 is 1.07 bits per heavy atom. The van der Waals surface area contributed by atoms with Crippen molar-refractivity contribution in [2.75, 3.05) is 31.6 Å². The second-order valence-corrected chi connectivity index (χ2v) is 8.39. The molecule has 0 aliphatic carbocycles. The predicted molar refractivity (Wildman–Crippen MR) is 106 cm³/mol. The number of carbonyl (C=O) groups excluding carboxylic acids is 2. The zero-order valence-electron chi connectivity index (χ0n) is 15.9. The van der Waals surface area contributed by atoms with Crippen LogP contribution in [0.1, 0.15) is 17.3 Å². The molecule has 1 aliphatic rings. The van der Waals surface area contributed by atoms with Crippen LogP contribution in [-0.2, 0) is 24.3 Å². The van der Waals surface area contributed by atoms with Gasteiger partial charge in [-0.15, -0.1) is 0 Å². The summed E-state index contributed by atoms with van der Waals surface area (Å²) in [5.74, 6) is -1.17. The first-order valence-electron chi connectivity index (χ1n) is 9.13. The number of anilines is 1. The van der Waals surface area contributed by atoms with Gasteiger partial charge < -0.3 is 14.8 Å². The molecule has 0 spiro atoms. The van der Waals surface area contributed by atoms with E-state index in [1.807, 2.05) is 0 Å². The van der Waals surface area contributed by atoms with E-state index in [0.29, 0.717) is 24.5 Å². The highest BCUT2D eigenvalue weighted by Gasteiger charge is 2.27. The minimum atomic E-state index is -3.68. The number of benzene rings is 2. The van der Waals surface area contributed by atoms with Gasteiger partial charge in [0.25, 0.3) is 5.91 Å². The van der Waals surface area contributed by atoms with E-state index in [0.717, 1.165) is 0 Å². The number of carbonyl (C=O) groups is 2. The van der Waals surface area contributed by atoms with Gasteiger partial charge in [-0.05, 0) is 37.3 Å². The molecule has 3 rings (SSSR count). The summed E-state index contributed by atoms with van der Waals surface area (Å²) < 4.78 is 37.2. The van der Waals surface area contributed by atoms with Gasteiger partial charge in [0.2, 0.25) is 10.0 Å². The fourth-order valence-corrected chi connectivity index (χ4v) is 4.22. The largest absolute Gasteiger partial charge is 0.449 e. The number of ether oxygens (including phenoxy) is 2. The summed E-state index contributed by atoms with van der Waals surface area (Å²) in [6, 6.07) is 14.3. The van der Waals surface area contributed by atoms with Crippen LogP contribution in [-0.4, -0.2) is 57.0 Å². The standard InChI is InChI=1S/C20H22N2O6S/c1-15(28-20(24)16-6-3-2-4-7-16)19(23)21-17-8-5-9-18(14-17)29(25,26)22-10-12-27-13-11-22/h2-9,14-15H,10-13H2,1H3,(H,21,23)/t15-/m0/s1. The maximum atomic E-state index is 12.7. The predicted octanol–water partition coefficient (Wildman–Crippen LogP) is 1.89. The highest BCUT2D eigenvalue weighted by molar-refractivity contribution is 7.89. The molecule has 0 bridgehead atoms. The number of rotatable bonds is 6. The molecule has 0 unspecified atom stereocenters. The Morgan fingerprint density at radius 3 is 2.45 bits per heavy atom. The molecule has 29 heavy (non-hydrogen) atoms. The van der Waals surface area contributed by atoms with Crippen molar-refractivity contribution in [2.45, 2.75) is 17.9 Å². The lowest BCUT2D eigenvalue weighted by Crippen LogP contribution is -2.40. The zero-order valence-corrected chi connectivity index (χ0v) is 16.7. The van der Waals surface area contributed by atoms with Gasteiger partial charge in [0.1, 0.15) is 0 Å². The molecule has 154 valence electrons. The number of hydrogen-bond donors (Lipinski definition) is 1. The van der Waals surface area contributed by atoms with E-state index in [2.05, 4.69) is 5.32 Å². The number of sulfonamides is 1. The summed E-state index contributed by atoms with van der Waals surface area (Å²) in [5, 5.41) is 2.59. The quantitative estimate of drug-likeness (QED) is 0.719. The van der Waals surface area contributed by atoms with Crippen LogP contribution in [0.2, 0.25) is 0 Å². The van der Waals surface area contributed by atoms with Crippen LogP contribution >= 0.6 is 0 Å². The second kappa shape index (κ2) is 9.17. The topological polar surface area (TPSA) is 102 Å². The fourth-order valence-electron chi connectivity index (χ4n) is 2.77. The highest BCUT2D eigenvalue weighted by Crippen LogP contribution is 2.21. The molecule has 1 aliphatic heterocycles. The lowest BCUT2D eigenvalue weighted by atomic mass is 10.2. The summed E-state index contributed by atoms with van der Waals surface area (Å²) in [7, 11) is -3.68. The van der Waals surface area contributed by atoms with Crippen LogP contribution < -0.4 is 5.32 Å². The Bertz CT molecular complexity index is 971. The Labute approximate surface area is 169 Å². The van der Waals surface area contributed by atoms with Crippen LogP contribution in [0.25, 0.3) is 0 Å². The molecule has 1 saturated heterocycles. The number of morpholine rings is 1. The van der Waals surface area contributed by atoms with E-state index in [1.54, 1.807) is 42.5 Å². The maximum Gasteiger partial charge on any atom is 0.338 e. The van der Waals surface area contributed by atoms with Crippen molar-refractivity contribution in [2.24, 2.45) is 0 Å². The second-order valence-electron chi connectivity index (χ2n) is 6.45. The monoisotopic (exact) mass is 418 g/mol. The molecule has 9 heteroatoms. The van der Waals surface area contributed by atoms with Gasteiger partial charge in [0, 0.05) is 18.8 Å². The zero-order chi connectivity index (χ0) is 20.9. The summed E-state index contributed by atoms with van der Waals surface area (Å²) >= 11 is 0. The highest BCUT2D eigenvalue weighted by atomic mass is 32.2. The first kappa shape index (κ1) is 21.0. The Hall–Kier alpha value is -2.75. The van der Waals surface area contributed by atoms with Crippen LogP contribution in [0.3, 0.4) is 0 Å². The van der Waals surface area contributed by atoms with Gasteiger partial charge in [-0.1, -0.05) is 24.3 Å². The molecule has 0 aromatic heterocycles.